The Labute approximate surface area is 169 Å². The molecule has 3 atom stereocenters. The number of aromatic nitrogens is 2. The zero-order chi connectivity index (χ0) is 19.7. The van der Waals surface area contributed by atoms with E-state index in [0.717, 1.165) is 57.2 Å². The first-order chi connectivity index (χ1) is 13.5. The second-order valence-corrected chi connectivity index (χ2v) is 8.96. The molecule has 2 unspecified atom stereocenters. The maximum Gasteiger partial charge on any atom is 0.318 e. The molecule has 0 bridgehead atoms. The van der Waals surface area contributed by atoms with Gasteiger partial charge in [0.1, 0.15) is 12.4 Å². The largest absolute Gasteiger partial charge is 0.462 e. The molecule has 3 aliphatic rings. The lowest BCUT2D eigenvalue weighted by molar-refractivity contribution is 0.0791. The van der Waals surface area contributed by atoms with E-state index in [4.69, 9.17) is 14.7 Å². The fourth-order valence-electron chi connectivity index (χ4n) is 4.98. The number of hydrogen-bond acceptors (Lipinski definition) is 7. The minimum Gasteiger partial charge on any atom is -0.462 e. The molecule has 0 saturated carbocycles. The van der Waals surface area contributed by atoms with Gasteiger partial charge in [-0.2, -0.15) is 9.97 Å². The van der Waals surface area contributed by atoms with Crippen LogP contribution in [-0.2, 0) is 13.0 Å². The summed E-state index contributed by atoms with van der Waals surface area (Å²) in [5.74, 6) is 1.75. The molecular formula is C21H36N6O. The van der Waals surface area contributed by atoms with E-state index in [1.807, 2.05) is 0 Å². The maximum atomic E-state index is 6.21. The van der Waals surface area contributed by atoms with Crippen molar-refractivity contribution in [3.8, 4) is 6.01 Å². The topological polar surface area (TPSA) is 56.8 Å². The second kappa shape index (κ2) is 8.51. The Morgan fingerprint density at radius 1 is 1.14 bits per heavy atom. The highest BCUT2D eigenvalue weighted by molar-refractivity contribution is 5.52. The average Bonchev–Trinajstić information content (AvgIpc) is 2.67. The van der Waals surface area contributed by atoms with Gasteiger partial charge < -0.3 is 19.9 Å². The molecule has 0 aliphatic carbocycles. The van der Waals surface area contributed by atoms with Crippen molar-refractivity contribution in [2.45, 2.75) is 51.7 Å². The second-order valence-electron chi connectivity index (χ2n) is 8.96. The molecule has 1 N–H and O–H groups in total. The number of likely N-dealkylation sites (N-methyl/N-ethyl adjacent to an activating group) is 2. The minimum absolute atomic E-state index is 0.442. The first-order valence-corrected chi connectivity index (χ1v) is 10.9. The predicted octanol–water partition coefficient (Wildman–Crippen LogP) is 1.37. The van der Waals surface area contributed by atoms with Crippen LogP contribution in [0.4, 0.5) is 5.82 Å². The van der Waals surface area contributed by atoms with Gasteiger partial charge in [0.05, 0.1) is 5.69 Å². The smallest absolute Gasteiger partial charge is 0.318 e. The van der Waals surface area contributed by atoms with E-state index in [0.29, 0.717) is 30.6 Å². The molecule has 156 valence electrons. The fourth-order valence-corrected chi connectivity index (χ4v) is 4.98. The number of nitrogens with one attached hydrogen (secondary N) is 1. The molecular weight excluding hydrogens is 352 g/mol. The SMILES string of the molecule is CC1CCCN(C)C1COc1nc2c(c(N3CCN(C)C[C@H]3C)n1)CCNC2. The summed E-state index contributed by atoms with van der Waals surface area (Å²) in [5.41, 5.74) is 2.42. The van der Waals surface area contributed by atoms with Crippen LogP contribution in [0.1, 0.15) is 37.9 Å². The Kier molecular flexibility index (Phi) is 6.04. The van der Waals surface area contributed by atoms with Crippen molar-refractivity contribution in [2.24, 2.45) is 5.92 Å². The van der Waals surface area contributed by atoms with E-state index in [2.05, 4.69) is 48.0 Å². The van der Waals surface area contributed by atoms with Gasteiger partial charge in [0.2, 0.25) is 0 Å². The third kappa shape index (κ3) is 4.11. The highest BCUT2D eigenvalue weighted by Crippen LogP contribution is 2.29. The molecule has 2 fully saturated rings. The molecule has 0 aromatic carbocycles. The third-order valence-corrected chi connectivity index (χ3v) is 6.77. The summed E-state index contributed by atoms with van der Waals surface area (Å²) in [6, 6.07) is 1.44. The van der Waals surface area contributed by atoms with Crippen molar-refractivity contribution in [1.82, 2.24) is 25.1 Å². The van der Waals surface area contributed by atoms with Crippen LogP contribution in [-0.4, -0.2) is 85.3 Å². The minimum atomic E-state index is 0.442. The van der Waals surface area contributed by atoms with Crippen LogP contribution >= 0.6 is 0 Å². The van der Waals surface area contributed by atoms with E-state index in [1.54, 1.807) is 0 Å². The lowest BCUT2D eigenvalue weighted by Crippen LogP contribution is -2.51. The quantitative estimate of drug-likeness (QED) is 0.836. The van der Waals surface area contributed by atoms with Crippen molar-refractivity contribution in [3.05, 3.63) is 11.3 Å². The van der Waals surface area contributed by atoms with Crippen LogP contribution in [0.2, 0.25) is 0 Å². The van der Waals surface area contributed by atoms with Crippen molar-refractivity contribution in [3.63, 3.8) is 0 Å². The van der Waals surface area contributed by atoms with Gasteiger partial charge in [-0.15, -0.1) is 0 Å². The standard InChI is InChI=1S/C21H36N6O/c1-15-6-5-9-26(4)19(15)14-28-21-23-18-12-22-8-7-17(18)20(24-21)27-11-10-25(3)13-16(27)2/h15-16,19,22H,5-14H2,1-4H3/t15?,16-,19?/m1/s1. The van der Waals surface area contributed by atoms with Crippen LogP contribution in [0.3, 0.4) is 0 Å². The Bertz CT molecular complexity index is 673. The lowest BCUT2D eigenvalue weighted by atomic mass is 9.92. The van der Waals surface area contributed by atoms with Gasteiger partial charge in [-0.25, -0.2) is 0 Å². The Morgan fingerprint density at radius 2 is 2.00 bits per heavy atom. The number of hydrogen-bond donors (Lipinski definition) is 1. The van der Waals surface area contributed by atoms with Crippen molar-refractivity contribution in [2.75, 3.05) is 58.3 Å². The summed E-state index contributed by atoms with van der Waals surface area (Å²) < 4.78 is 6.21. The normalized spacial score (nSPS) is 29.6. The summed E-state index contributed by atoms with van der Waals surface area (Å²) in [4.78, 5) is 17.0. The Hall–Kier alpha value is -1.44. The van der Waals surface area contributed by atoms with E-state index in [-0.39, 0.29) is 0 Å². The highest BCUT2D eigenvalue weighted by atomic mass is 16.5. The highest BCUT2D eigenvalue weighted by Gasteiger charge is 2.30. The van der Waals surface area contributed by atoms with Gasteiger partial charge in [-0.3, -0.25) is 4.90 Å². The number of likely N-dealkylation sites (tertiary alicyclic amines) is 1. The Balaban J connectivity index is 1.56. The van der Waals surface area contributed by atoms with Crippen molar-refractivity contribution < 1.29 is 4.74 Å². The van der Waals surface area contributed by atoms with Gasteiger partial charge in [-0.05, 0) is 59.3 Å². The number of piperidine rings is 1. The third-order valence-electron chi connectivity index (χ3n) is 6.77. The number of ether oxygens (including phenoxy) is 1. The summed E-state index contributed by atoms with van der Waals surface area (Å²) >= 11 is 0. The number of rotatable bonds is 4. The summed E-state index contributed by atoms with van der Waals surface area (Å²) in [6.45, 7) is 11.4. The predicted molar refractivity (Wildman–Crippen MR) is 112 cm³/mol. The maximum absolute atomic E-state index is 6.21. The van der Waals surface area contributed by atoms with E-state index >= 15 is 0 Å². The molecule has 1 aromatic rings. The van der Waals surface area contributed by atoms with E-state index in [1.165, 1.54) is 18.4 Å². The summed E-state index contributed by atoms with van der Waals surface area (Å²) in [7, 11) is 4.41. The van der Waals surface area contributed by atoms with Crippen LogP contribution in [0.15, 0.2) is 0 Å². The van der Waals surface area contributed by atoms with Crippen LogP contribution in [0.5, 0.6) is 6.01 Å². The van der Waals surface area contributed by atoms with Crippen molar-refractivity contribution in [1.29, 1.82) is 0 Å². The number of anilines is 1. The number of fused-ring (bicyclic) bond motifs is 1. The Morgan fingerprint density at radius 3 is 2.79 bits per heavy atom. The van der Waals surface area contributed by atoms with Crippen LogP contribution in [0.25, 0.3) is 0 Å². The molecule has 0 radical (unpaired) electrons. The van der Waals surface area contributed by atoms with Crippen LogP contribution in [0, 0.1) is 5.92 Å². The molecule has 28 heavy (non-hydrogen) atoms. The fraction of sp³-hybridized carbons (Fsp3) is 0.810. The average molecular weight is 389 g/mol. The molecule has 1 aromatic heterocycles. The number of nitrogens with zero attached hydrogens (tertiary/aromatic N) is 5. The molecule has 3 aliphatic heterocycles. The lowest BCUT2D eigenvalue weighted by Gasteiger charge is -2.40. The van der Waals surface area contributed by atoms with Gasteiger partial charge in [-0.1, -0.05) is 6.92 Å². The molecule has 0 amide bonds. The molecule has 4 rings (SSSR count). The van der Waals surface area contributed by atoms with Crippen molar-refractivity contribution >= 4 is 5.82 Å². The monoisotopic (exact) mass is 388 g/mol. The van der Waals surface area contributed by atoms with E-state index in [9.17, 15) is 0 Å². The molecule has 7 nitrogen and oxygen atoms in total. The summed E-state index contributed by atoms with van der Waals surface area (Å²) in [5, 5.41) is 3.46. The number of piperazine rings is 1. The van der Waals surface area contributed by atoms with E-state index < -0.39 is 0 Å². The van der Waals surface area contributed by atoms with Crippen LogP contribution < -0.4 is 15.0 Å². The van der Waals surface area contributed by atoms with Gasteiger partial charge in [0.15, 0.2) is 0 Å². The molecule has 4 heterocycles. The molecule has 7 heteroatoms. The first kappa shape index (κ1) is 19.9. The first-order valence-electron chi connectivity index (χ1n) is 10.9. The molecule has 0 spiro atoms. The zero-order valence-electron chi connectivity index (χ0n) is 17.9. The van der Waals surface area contributed by atoms with Gasteiger partial charge >= 0.3 is 6.01 Å². The van der Waals surface area contributed by atoms with Gasteiger partial charge in [0, 0.05) is 43.8 Å². The molecule has 2 saturated heterocycles. The zero-order valence-corrected chi connectivity index (χ0v) is 17.9. The summed E-state index contributed by atoms with van der Waals surface area (Å²) in [6.07, 6.45) is 3.55. The van der Waals surface area contributed by atoms with Gasteiger partial charge in [0.25, 0.3) is 0 Å².